The molecule has 1 heterocycles. The van der Waals surface area contributed by atoms with Gasteiger partial charge < -0.3 is 10.5 Å². The summed E-state index contributed by atoms with van der Waals surface area (Å²) in [6, 6.07) is 0. The highest BCUT2D eigenvalue weighted by atomic mass is 16.5. The molecule has 0 fully saturated rings. The Morgan fingerprint density at radius 3 is 2.64 bits per heavy atom. The summed E-state index contributed by atoms with van der Waals surface area (Å²) in [5.41, 5.74) is 7.23. The van der Waals surface area contributed by atoms with E-state index in [1.807, 2.05) is 13.8 Å². The van der Waals surface area contributed by atoms with Crippen LogP contribution in [-0.4, -0.2) is 23.0 Å². The van der Waals surface area contributed by atoms with Crippen molar-refractivity contribution in [1.82, 2.24) is 9.97 Å². The van der Waals surface area contributed by atoms with E-state index in [1.54, 1.807) is 0 Å². The summed E-state index contributed by atoms with van der Waals surface area (Å²) in [5, 5.41) is 0. The van der Waals surface area contributed by atoms with Gasteiger partial charge in [-0.05, 0) is 13.3 Å². The number of rotatable bonds is 2. The lowest BCUT2D eigenvalue weighted by Gasteiger charge is -2.06. The van der Waals surface area contributed by atoms with Gasteiger partial charge in [-0.1, -0.05) is 6.92 Å². The molecular weight excluding hydrogens is 182 g/mol. The van der Waals surface area contributed by atoms with Crippen LogP contribution in [0.3, 0.4) is 0 Å². The van der Waals surface area contributed by atoms with E-state index < -0.39 is 5.97 Å². The van der Waals surface area contributed by atoms with Gasteiger partial charge in [0.05, 0.1) is 7.11 Å². The smallest absolute Gasteiger partial charge is 0.376 e. The predicted octanol–water partition coefficient (Wildman–Crippen LogP) is 0.716. The van der Waals surface area contributed by atoms with Crippen molar-refractivity contribution in [2.24, 2.45) is 0 Å². The predicted molar refractivity (Wildman–Crippen MR) is 51.9 cm³/mol. The Morgan fingerprint density at radius 2 is 2.14 bits per heavy atom. The van der Waals surface area contributed by atoms with Crippen LogP contribution in [0, 0.1) is 6.92 Å². The second-order valence-corrected chi connectivity index (χ2v) is 2.85. The molecule has 0 aliphatic heterocycles. The number of nitrogen functional groups attached to an aromatic ring is 1. The number of aromatic nitrogens is 2. The van der Waals surface area contributed by atoms with Gasteiger partial charge in [-0.15, -0.1) is 0 Å². The minimum absolute atomic E-state index is 0.0208. The van der Waals surface area contributed by atoms with Gasteiger partial charge in [0, 0.05) is 11.3 Å². The summed E-state index contributed by atoms with van der Waals surface area (Å²) in [5.74, 6) is -0.212. The first-order valence-electron chi connectivity index (χ1n) is 4.31. The molecule has 1 aromatic heterocycles. The topological polar surface area (TPSA) is 78.1 Å². The molecular formula is C9H13N3O2. The fourth-order valence-electron chi connectivity index (χ4n) is 1.11. The first-order valence-corrected chi connectivity index (χ1v) is 4.31. The lowest BCUT2D eigenvalue weighted by molar-refractivity contribution is 0.0586. The molecule has 0 saturated heterocycles. The Kier molecular flexibility index (Phi) is 3.01. The summed E-state index contributed by atoms with van der Waals surface area (Å²) in [4.78, 5) is 19.0. The van der Waals surface area contributed by atoms with Crippen LogP contribution >= 0.6 is 0 Å². The summed E-state index contributed by atoms with van der Waals surface area (Å²) in [7, 11) is 1.29. The largest absolute Gasteiger partial charge is 0.463 e. The van der Waals surface area contributed by atoms with Crippen molar-refractivity contribution in [2.45, 2.75) is 20.3 Å². The van der Waals surface area contributed by atoms with Crippen molar-refractivity contribution in [3.63, 3.8) is 0 Å². The zero-order valence-corrected chi connectivity index (χ0v) is 8.50. The molecule has 5 heteroatoms. The van der Waals surface area contributed by atoms with Gasteiger partial charge in [0.25, 0.3) is 0 Å². The molecule has 14 heavy (non-hydrogen) atoms. The van der Waals surface area contributed by atoms with E-state index in [4.69, 9.17) is 5.73 Å². The van der Waals surface area contributed by atoms with E-state index in [1.165, 1.54) is 7.11 Å². The fourth-order valence-corrected chi connectivity index (χ4v) is 1.11. The summed E-state index contributed by atoms with van der Waals surface area (Å²) >= 11 is 0. The third-order valence-corrected chi connectivity index (χ3v) is 1.99. The second kappa shape index (κ2) is 4.04. The molecule has 2 N–H and O–H groups in total. The van der Waals surface area contributed by atoms with E-state index >= 15 is 0 Å². The molecule has 0 saturated carbocycles. The van der Waals surface area contributed by atoms with Crippen LogP contribution in [0.15, 0.2) is 0 Å². The van der Waals surface area contributed by atoms with Gasteiger partial charge in [-0.3, -0.25) is 0 Å². The van der Waals surface area contributed by atoms with Gasteiger partial charge in [-0.25, -0.2) is 14.8 Å². The van der Waals surface area contributed by atoms with E-state index in [0.717, 1.165) is 11.3 Å². The van der Waals surface area contributed by atoms with Gasteiger partial charge in [0.15, 0.2) is 0 Å². The van der Waals surface area contributed by atoms with E-state index in [2.05, 4.69) is 14.7 Å². The van der Waals surface area contributed by atoms with E-state index in [9.17, 15) is 4.79 Å². The Balaban J connectivity index is 3.22. The Labute approximate surface area is 82.3 Å². The third-order valence-electron chi connectivity index (χ3n) is 1.99. The molecule has 5 nitrogen and oxygen atoms in total. The number of nitrogens with two attached hydrogens (primary N) is 1. The molecule has 0 unspecified atom stereocenters. The molecule has 1 rings (SSSR count). The average molecular weight is 195 g/mol. The number of carbonyl (C=O) groups excluding carboxylic acids is 1. The number of carbonyl (C=O) groups is 1. The SMILES string of the molecule is CCc1nc(C(=O)OC)nc(N)c1C. The van der Waals surface area contributed by atoms with Crippen molar-refractivity contribution in [1.29, 1.82) is 0 Å². The normalized spacial score (nSPS) is 9.93. The molecule has 0 radical (unpaired) electrons. The van der Waals surface area contributed by atoms with Gasteiger partial charge in [0.2, 0.25) is 5.82 Å². The first-order chi connectivity index (χ1) is 6.60. The molecule has 0 aliphatic carbocycles. The van der Waals surface area contributed by atoms with Gasteiger partial charge >= 0.3 is 5.97 Å². The average Bonchev–Trinajstić information content (AvgIpc) is 2.20. The van der Waals surface area contributed by atoms with Gasteiger partial charge in [0.1, 0.15) is 5.82 Å². The number of nitrogens with zero attached hydrogens (tertiary/aromatic N) is 2. The van der Waals surface area contributed by atoms with Crippen molar-refractivity contribution in [3.8, 4) is 0 Å². The maximum Gasteiger partial charge on any atom is 0.376 e. The first kappa shape index (κ1) is 10.4. The van der Waals surface area contributed by atoms with Crippen LogP contribution in [-0.2, 0) is 11.2 Å². The van der Waals surface area contributed by atoms with Crippen LogP contribution in [0.2, 0.25) is 0 Å². The maximum atomic E-state index is 11.1. The Bertz CT molecular complexity index is 363. The van der Waals surface area contributed by atoms with Crippen LogP contribution in [0.4, 0.5) is 5.82 Å². The van der Waals surface area contributed by atoms with Crippen LogP contribution in [0.25, 0.3) is 0 Å². The van der Waals surface area contributed by atoms with E-state index in [0.29, 0.717) is 12.2 Å². The monoisotopic (exact) mass is 195 g/mol. The number of hydrogen-bond donors (Lipinski definition) is 1. The zero-order valence-electron chi connectivity index (χ0n) is 8.50. The molecule has 1 aromatic rings. The molecule has 76 valence electrons. The van der Waals surface area contributed by atoms with Crippen molar-refractivity contribution < 1.29 is 9.53 Å². The highest BCUT2D eigenvalue weighted by molar-refractivity contribution is 5.85. The van der Waals surface area contributed by atoms with Gasteiger partial charge in [-0.2, -0.15) is 0 Å². The van der Waals surface area contributed by atoms with Crippen LogP contribution in [0.5, 0.6) is 0 Å². The highest BCUT2D eigenvalue weighted by Crippen LogP contribution is 2.12. The lowest BCUT2D eigenvalue weighted by Crippen LogP contribution is -2.12. The number of ether oxygens (including phenoxy) is 1. The quantitative estimate of drug-likeness (QED) is 0.703. The second-order valence-electron chi connectivity index (χ2n) is 2.85. The van der Waals surface area contributed by atoms with Crippen LogP contribution < -0.4 is 5.73 Å². The minimum Gasteiger partial charge on any atom is -0.463 e. The Morgan fingerprint density at radius 1 is 1.50 bits per heavy atom. The fraction of sp³-hybridized carbons (Fsp3) is 0.444. The lowest BCUT2D eigenvalue weighted by atomic mass is 10.2. The summed E-state index contributed by atoms with van der Waals surface area (Å²) in [6.07, 6.45) is 0.711. The molecule has 0 atom stereocenters. The molecule has 0 aromatic carbocycles. The zero-order chi connectivity index (χ0) is 10.7. The minimum atomic E-state index is -0.564. The number of methoxy groups -OCH3 is 1. The molecule has 0 bridgehead atoms. The number of hydrogen-bond acceptors (Lipinski definition) is 5. The summed E-state index contributed by atoms with van der Waals surface area (Å²) in [6.45, 7) is 3.77. The molecule has 0 amide bonds. The number of anilines is 1. The standard InChI is InChI=1S/C9H13N3O2/c1-4-6-5(2)7(10)12-8(11-6)9(13)14-3/h4H2,1-3H3,(H2,10,11,12). The maximum absolute atomic E-state index is 11.1. The number of esters is 1. The van der Waals surface area contributed by atoms with E-state index in [-0.39, 0.29) is 5.82 Å². The molecule has 0 spiro atoms. The van der Waals surface area contributed by atoms with Crippen molar-refractivity contribution >= 4 is 11.8 Å². The third kappa shape index (κ3) is 1.81. The highest BCUT2D eigenvalue weighted by Gasteiger charge is 2.13. The summed E-state index contributed by atoms with van der Waals surface area (Å²) < 4.78 is 4.51. The number of aryl methyl sites for hydroxylation is 1. The Hall–Kier alpha value is -1.65. The van der Waals surface area contributed by atoms with Crippen molar-refractivity contribution in [3.05, 3.63) is 17.1 Å². The van der Waals surface area contributed by atoms with Crippen LogP contribution in [0.1, 0.15) is 28.8 Å². The molecule has 0 aliphatic rings. The van der Waals surface area contributed by atoms with Crippen molar-refractivity contribution in [2.75, 3.05) is 12.8 Å².